The lowest BCUT2D eigenvalue weighted by molar-refractivity contribution is -0.00834. The summed E-state index contributed by atoms with van der Waals surface area (Å²) in [6, 6.07) is 13.3. The Labute approximate surface area is 297 Å². The topological polar surface area (TPSA) is 156 Å². The molecule has 0 saturated carbocycles. The van der Waals surface area contributed by atoms with Gasteiger partial charge in [0.15, 0.2) is 11.5 Å². The zero-order valence-electron chi connectivity index (χ0n) is 29.1. The summed E-state index contributed by atoms with van der Waals surface area (Å²) in [6.45, 7) is 5.66. The number of carbonyl (C=O) groups excluding carboxylic acids is 2. The molecule has 0 unspecified atom stereocenters. The molecule has 3 aromatic carbocycles. The summed E-state index contributed by atoms with van der Waals surface area (Å²) in [5.41, 5.74) is 0.991. The lowest BCUT2D eigenvalue weighted by atomic mass is 10.0. The van der Waals surface area contributed by atoms with Gasteiger partial charge in [-0.2, -0.15) is 4.31 Å². The molecule has 2 aliphatic rings. The number of anilines is 2. The van der Waals surface area contributed by atoms with Crippen molar-refractivity contribution in [3.63, 3.8) is 0 Å². The third kappa shape index (κ3) is 9.47. The molecule has 0 bridgehead atoms. The quantitative estimate of drug-likeness (QED) is 0.280. The van der Waals surface area contributed by atoms with Crippen LogP contribution in [-0.2, 0) is 14.8 Å². The van der Waals surface area contributed by atoms with Crippen LogP contribution < -0.4 is 24.8 Å². The van der Waals surface area contributed by atoms with E-state index in [4.69, 9.17) is 18.9 Å². The molecule has 0 aromatic heterocycles. The predicted octanol–water partition coefficient (Wildman–Crippen LogP) is 5.31. The maximum Gasteiger partial charge on any atom is 0.323 e. The monoisotopic (exact) mass is 728 g/mol. The number of rotatable bonds is 8. The molecular formula is C36H45FN4O9S. The van der Waals surface area contributed by atoms with Crippen LogP contribution in [0.2, 0.25) is 0 Å². The number of likely N-dealkylation sites (N-methyl/N-ethyl adjacent to an activating group) is 1. The largest absolute Gasteiger partial charge is 0.490 e. The Bertz CT molecular complexity index is 1790. The van der Waals surface area contributed by atoms with Crippen LogP contribution in [0.1, 0.15) is 50.4 Å². The molecule has 0 spiro atoms. The number of ether oxygens (including phenoxy) is 4. The maximum absolute atomic E-state index is 14.4. The van der Waals surface area contributed by atoms with Crippen molar-refractivity contribution in [2.75, 3.05) is 50.8 Å². The Morgan fingerprint density at radius 3 is 2.37 bits per heavy atom. The average Bonchev–Trinajstić information content (AvgIpc) is 3.57. The van der Waals surface area contributed by atoms with E-state index in [-0.39, 0.29) is 43.1 Å². The number of urea groups is 1. The number of amides is 3. The number of carbonyl (C=O) groups is 2. The van der Waals surface area contributed by atoms with Crippen LogP contribution in [-0.4, -0.2) is 93.1 Å². The lowest BCUT2D eigenvalue weighted by Crippen LogP contribution is -2.48. The Kier molecular flexibility index (Phi) is 12.4. The highest BCUT2D eigenvalue weighted by Gasteiger charge is 2.32. The average molecular weight is 729 g/mol. The van der Waals surface area contributed by atoms with Gasteiger partial charge in [-0.1, -0.05) is 6.92 Å². The molecule has 2 heterocycles. The zero-order valence-corrected chi connectivity index (χ0v) is 30.0. The van der Waals surface area contributed by atoms with Gasteiger partial charge in [0.25, 0.3) is 5.91 Å². The SMILES string of the molecule is C[C@H](CO)N1C[C@H](C)[C@H](CN(C)S(=O)(=O)c2ccc(F)cc2)OCCCC[C@H](C)Oc2ccc(NC(=O)Nc3ccc4c(c3)OCO4)cc2C1=O. The summed E-state index contributed by atoms with van der Waals surface area (Å²) in [5, 5.41) is 15.8. The second-order valence-electron chi connectivity index (χ2n) is 12.9. The maximum atomic E-state index is 14.4. The number of hydrogen-bond donors (Lipinski definition) is 3. The molecule has 0 radical (unpaired) electrons. The number of nitrogens with one attached hydrogen (secondary N) is 2. The number of nitrogens with zero attached hydrogens (tertiary/aromatic N) is 2. The van der Waals surface area contributed by atoms with Crippen LogP contribution >= 0.6 is 0 Å². The Morgan fingerprint density at radius 1 is 1.00 bits per heavy atom. The first-order valence-electron chi connectivity index (χ1n) is 16.9. The molecule has 4 atom stereocenters. The van der Waals surface area contributed by atoms with Crippen molar-refractivity contribution in [1.29, 1.82) is 0 Å². The third-order valence-electron chi connectivity index (χ3n) is 8.90. The molecule has 0 saturated heterocycles. The van der Waals surface area contributed by atoms with E-state index >= 15 is 0 Å². The molecule has 15 heteroatoms. The molecule has 3 aromatic rings. The van der Waals surface area contributed by atoms with Crippen LogP contribution in [0.4, 0.5) is 20.6 Å². The highest BCUT2D eigenvalue weighted by Crippen LogP contribution is 2.34. The lowest BCUT2D eigenvalue weighted by Gasteiger charge is -2.35. The molecule has 3 amide bonds. The number of halogens is 1. The minimum atomic E-state index is -3.97. The molecule has 3 N–H and O–H groups in total. The molecule has 276 valence electrons. The van der Waals surface area contributed by atoms with E-state index in [1.807, 2.05) is 13.8 Å². The summed E-state index contributed by atoms with van der Waals surface area (Å²) >= 11 is 0. The van der Waals surface area contributed by atoms with E-state index in [2.05, 4.69) is 10.6 Å². The number of fused-ring (bicyclic) bond motifs is 2. The van der Waals surface area contributed by atoms with Gasteiger partial charge in [-0.25, -0.2) is 17.6 Å². The van der Waals surface area contributed by atoms with E-state index in [0.29, 0.717) is 48.1 Å². The fourth-order valence-corrected chi connectivity index (χ4v) is 7.05. The fraction of sp³-hybridized carbons (Fsp3) is 0.444. The molecule has 51 heavy (non-hydrogen) atoms. The Morgan fingerprint density at radius 2 is 1.67 bits per heavy atom. The van der Waals surface area contributed by atoms with Crippen molar-refractivity contribution in [2.24, 2.45) is 5.92 Å². The van der Waals surface area contributed by atoms with E-state index < -0.39 is 45.8 Å². The van der Waals surface area contributed by atoms with Crippen molar-refractivity contribution in [1.82, 2.24) is 9.21 Å². The van der Waals surface area contributed by atoms with E-state index in [1.54, 1.807) is 37.3 Å². The summed E-state index contributed by atoms with van der Waals surface area (Å²) < 4.78 is 64.7. The van der Waals surface area contributed by atoms with Crippen LogP contribution in [0, 0.1) is 11.7 Å². The normalized spacial score (nSPS) is 20.6. The van der Waals surface area contributed by atoms with Gasteiger partial charge in [0.1, 0.15) is 11.6 Å². The molecule has 0 aliphatic carbocycles. The molecule has 5 rings (SSSR count). The zero-order chi connectivity index (χ0) is 36.7. The van der Waals surface area contributed by atoms with Gasteiger partial charge in [0.2, 0.25) is 16.8 Å². The van der Waals surface area contributed by atoms with Crippen molar-refractivity contribution >= 4 is 33.3 Å². The minimum absolute atomic E-state index is 0.0287. The first kappa shape index (κ1) is 37.8. The second-order valence-corrected chi connectivity index (χ2v) is 14.9. The Balaban J connectivity index is 1.39. The van der Waals surface area contributed by atoms with Gasteiger partial charge < -0.3 is 39.6 Å². The smallest absolute Gasteiger partial charge is 0.323 e. The number of aliphatic hydroxyl groups excluding tert-OH is 1. The molecular weight excluding hydrogens is 683 g/mol. The van der Waals surface area contributed by atoms with E-state index in [9.17, 15) is 27.5 Å². The summed E-state index contributed by atoms with van der Waals surface area (Å²) in [4.78, 5) is 28.8. The highest BCUT2D eigenvalue weighted by molar-refractivity contribution is 7.89. The standard InChI is InChI=1S/C36H45FN4O9S/c1-23-19-41(24(2)21-42)35(43)30-17-27(38-36(44)39-28-11-15-32-33(18-28)49-22-48-32)10-14-31(30)50-25(3)7-5-6-16-47-34(23)20-40(4)51(45,46)29-12-8-26(37)9-13-29/h8-15,17-18,23-25,34,42H,5-7,16,19-22H2,1-4H3,(H2,38,39,44)/t23-,24+,25-,34-/m0/s1. The third-order valence-corrected chi connectivity index (χ3v) is 10.7. The Hall–Kier alpha value is -4.44. The minimum Gasteiger partial charge on any atom is -0.490 e. The predicted molar refractivity (Wildman–Crippen MR) is 188 cm³/mol. The van der Waals surface area contributed by atoms with Gasteiger partial charge in [0.05, 0.1) is 35.3 Å². The molecule has 0 fully saturated rings. The summed E-state index contributed by atoms with van der Waals surface area (Å²) in [7, 11) is -2.54. The van der Waals surface area contributed by atoms with Gasteiger partial charge in [-0.15, -0.1) is 0 Å². The summed E-state index contributed by atoms with van der Waals surface area (Å²) in [6.07, 6.45) is 1.20. The first-order chi connectivity index (χ1) is 24.3. The first-order valence-corrected chi connectivity index (χ1v) is 18.3. The van der Waals surface area contributed by atoms with Crippen molar-refractivity contribution in [3.05, 3.63) is 72.0 Å². The van der Waals surface area contributed by atoms with Crippen LogP contribution in [0.15, 0.2) is 65.6 Å². The van der Waals surface area contributed by atoms with Crippen LogP contribution in [0.25, 0.3) is 0 Å². The van der Waals surface area contributed by atoms with E-state index in [1.165, 1.54) is 34.5 Å². The van der Waals surface area contributed by atoms with Gasteiger partial charge in [-0.05, 0) is 87.7 Å². The summed E-state index contributed by atoms with van der Waals surface area (Å²) in [5.74, 6) is 0.0262. The van der Waals surface area contributed by atoms with Crippen molar-refractivity contribution in [3.8, 4) is 17.2 Å². The number of hydrogen-bond acceptors (Lipinski definition) is 9. The fourth-order valence-electron chi connectivity index (χ4n) is 5.87. The highest BCUT2D eigenvalue weighted by atomic mass is 32.2. The van der Waals surface area contributed by atoms with Crippen molar-refractivity contribution in [2.45, 2.75) is 63.2 Å². The number of aliphatic hydroxyl groups is 1. The molecule has 13 nitrogen and oxygen atoms in total. The molecule has 2 aliphatic heterocycles. The van der Waals surface area contributed by atoms with Gasteiger partial charge >= 0.3 is 6.03 Å². The number of benzene rings is 3. The second kappa shape index (κ2) is 16.7. The van der Waals surface area contributed by atoms with Crippen LogP contribution in [0.3, 0.4) is 0 Å². The van der Waals surface area contributed by atoms with Crippen LogP contribution in [0.5, 0.6) is 17.2 Å². The van der Waals surface area contributed by atoms with Crippen molar-refractivity contribution < 1.29 is 46.5 Å². The van der Waals surface area contributed by atoms with Gasteiger partial charge in [-0.3, -0.25) is 4.79 Å². The van der Waals surface area contributed by atoms with E-state index in [0.717, 1.165) is 18.6 Å². The number of sulfonamides is 1. The van der Waals surface area contributed by atoms with Gasteiger partial charge in [0, 0.05) is 50.1 Å².